The zero-order valence-corrected chi connectivity index (χ0v) is 16.1. The van der Waals surface area contributed by atoms with Gasteiger partial charge in [0.1, 0.15) is 11.5 Å². The third kappa shape index (κ3) is 4.87. The van der Waals surface area contributed by atoms with Crippen molar-refractivity contribution in [3.05, 3.63) is 47.0 Å². The number of carbonyl (C=O) groups excluding carboxylic acids is 1. The van der Waals surface area contributed by atoms with Crippen LogP contribution in [-0.4, -0.2) is 35.1 Å². The fraction of sp³-hybridized carbons (Fsp3) is 0.235. The quantitative estimate of drug-likeness (QED) is 0.747. The molecule has 0 atom stereocenters. The van der Waals surface area contributed by atoms with Crippen LogP contribution in [0.4, 0.5) is 5.69 Å². The van der Waals surface area contributed by atoms with E-state index in [0.717, 1.165) is 5.56 Å². The van der Waals surface area contributed by atoms with Gasteiger partial charge in [0.15, 0.2) is 0 Å². The van der Waals surface area contributed by atoms with Crippen molar-refractivity contribution in [2.24, 2.45) is 0 Å². The normalized spacial score (nSPS) is 11.1. The third-order valence-corrected chi connectivity index (χ3v) is 5.21. The summed E-state index contributed by atoms with van der Waals surface area (Å²) in [7, 11) is -0.924. The van der Waals surface area contributed by atoms with Gasteiger partial charge in [0, 0.05) is 12.1 Å². The molecule has 9 heteroatoms. The second-order valence-corrected chi connectivity index (χ2v) is 7.55. The first kappa shape index (κ1) is 20.0. The molecule has 0 aliphatic rings. The van der Waals surface area contributed by atoms with Gasteiger partial charge in [-0.2, -0.15) is 0 Å². The number of aryl methyl sites for hydroxylation is 1. The van der Waals surface area contributed by atoms with E-state index in [0.29, 0.717) is 22.2 Å². The van der Waals surface area contributed by atoms with E-state index >= 15 is 0 Å². The maximum absolute atomic E-state index is 12.2. The summed E-state index contributed by atoms with van der Waals surface area (Å²) in [5.74, 6) is 0.108. The Kier molecular flexibility index (Phi) is 6.47. The highest BCUT2D eigenvalue weighted by Gasteiger charge is 2.17. The van der Waals surface area contributed by atoms with Crippen LogP contribution in [0.25, 0.3) is 0 Å². The molecule has 7 nitrogen and oxygen atoms in total. The Bertz CT molecular complexity index is 898. The van der Waals surface area contributed by atoms with E-state index < -0.39 is 22.5 Å². The summed E-state index contributed by atoms with van der Waals surface area (Å²) in [4.78, 5) is 12.2. The maximum atomic E-state index is 12.2. The Hall–Kier alpha value is -2.29. The number of rotatable bonds is 7. The molecule has 26 heavy (non-hydrogen) atoms. The third-order valence-electron chi connectivity index (χ3n) is 3.50. The van der Waals surface area contributed by atoms with Gasteiger partial charge >= 0.3 is 0 Å². The molecule has 0 unspecified atom stereocenters. The minimum atomic E-state index is -3.79. The van der Waals surface area contributed by atoms with Gasteiger partial charge in [-0.3, -0.25) is 4.79 Å². The molecule has 0 aromatic heterocycles. The molecule has 2 N–H and O–H groups in total. The van der Waals surface area contributed by atoms with Crippen molar-refractivity contribution >= 4 is 33.2 Å². The van der Waals surface area contributed by atoms with E-state index in [1.165, 1.54) is 38.5 Å². The second-order valence-electron chi connectivity index (χ2n) is 5.37. The van der Waals surface area contributed by atoms with Crippen molar-refractivity contribution in [3.8, 4) is 11.5 Å². The molecular weight excluding hydrogens is 380 g/mol. The Labute approximate surface area is 157 Å². The summed E-state index contributed by atoms with van der Waals surface area (Å²) in [6.07, 6.45) is 0. The SMILES string of the molecule is COc1cc(NC(=O)CNS(=O)(=O)c2ccc(C)cc2)c(OC)cc1Cl. The minimum Gasteiger partial charge on any atom is -0.495 e. The second kappa shape index (κ2) is 8.39. The largest absolute Gasteiger partial charge is 0.495 e. The van der Waals surface area contributed by atoms with Crippen LogP contribution in [0.3, 0.4) is 0 Å². The molecule has 0 heterocycles. The van der Waals surface area contributed by atoms with Crippen LogP contribution in [0.5, 0.6) is 11.5 Å². The van der Waals surface area contributed by atoms with Crippen LogP contribution in [-0.2, 0) is 14.8 Å². The molecular formula is C17H19ClN2O5S. The molecule has 1 amide bonds. The van der Waals surface area contributed by atoms with Gasteiger partial charge in [-0.1, -0.05) is 29.3 Å². The molecule has 2 aromatic carbocycles. The number of hydrogen-bond donors (Lipinski definition) is 2. The number of halogens is 1. The fourth-order valence-corrected chi connectivity index (χ4v) is 3.33. The number of sulfonamides is 1. The number of amides is 1. The molecule has 0 saturated heterocycles. The lowest BCUT2D eigenvalue weighted by Gasteiger charge is -2.13. The number of methoxy groups -OCH3 is 2. The van der Waals surface area contributed by atoms with Gasteiger partial charge in [-0.05, 0) is 19.1 Å². The summed E-state index contributed by atoms with van der Waals surface area (Å²) >= 11 is 6.01. The first-order valence-electron chi connectivity index (χ1n) is 7.54. The lowest BCUT2D eigenvalue weighted by molar-refractivity contribution is -0.115. The van der Waals surface area contributed by atoms with Crippen molar-refractivity contribution in [3.63, 3.8) is 0 Å². The van der Waals surface area contributed by atoms with Crippen LogP contribution in [0.15, 0.2) is 41.3 Å². The lowest BCUT2D eigenvalue weighted by Crippen LogP contribution is -2.33. The Morgan fingerprint density at radius 1 is 1.08 bits per heavy atom. The van der Waals surface area contributed by atoms with Gasteiger partial charge in [-0.15, -0.1) is 0 Å². The Morgan fingerprint density at radius 3 is 2.27 bits per heavy atom. The van der Waals surface area contributed by atoms with E-state index in [1.54, 1.807) is 12.1 Å². The standard InChI is InChI=1S/C17H19ClN2O5S/c1-11-4-6-12(7-5-11)26(22,23)19-10-17(21)20-14-9-15(24-2)13(18)8-16(14)25-3/h4-9,19H,10H2,1-3H3,(H,20,21). The van der Waals surface area contributed by atoms with E-state index in [2.05, 4.69) is 10.0 Å². The van der Waals surface area contributed by atoms with Gasteiger partial charge in [0.25, 0.3) is 0 Å². The smallest absolute Gasteiger partial charge is 0.241 e. The summed E-state index contributed by atoms with van der Waals surface area (Å²) in [6.45, 7) is 1.41. The van der Waals surface area contributed by atoms with Crippen LogP contribution in [0.2, 0.25) is 5.02 Å². The zero-order chi connectivity index (χ0) is 19.3. The Balaban J connectivity index is 2.08. The number of carbonyl (C=O) groups is 1. The van der Waals surface area contributed by atoms with Crippen molar-refractivity contribution in [2.45, 2.75) is 11.8 Å². The van der Waals surface area contributed by atoms with Crippen LogP contribution < -0.4 is 19.5 Å². The monoisotopic (exact) mass is 398 g/mol. The molecule has 0 bridgehead atoms. The molecule has 0 spiro atoms. The Morgan fingerprint density at radius 2 is 1.69 bits per heavy atom. The van der Waals surface area contributed by atoms with E-state index in [4.69, 9.17) is 21.1 Å². The van der Waals surface area contributed by atoms with Crippen molar-refractivity contribution < 1.29 is 22.7 Å². The molecule has 0 radical (unpaired) electrons. The van der Waals surface area contributed by atoms with Gasteiger partial charge in [-0.25, -0.2) is 13.1 Å². The summed E-state index contributed by atoms with van der Waals surface area (Å²) < 4.78 is 36.9. The van der Waals surface area contributed by atoms with Crippen molar-refractivity contribution in [1.82, 2.24) is 4.72 Å². The molecule has 0 aliphatic heterocycles. The number of benzene rings is 2. The predicted molar refractivity (Wildman–Crippen MR) is 99.6 cm³/mol. The molecule has 2 rings (SSSR count). The van der Waals surface area contributed by atoms with Crippen molar-refractivity contribution in [1.29, 1.82) is 0 Å². The molecule has 0 aliphatic carbocycles. The summed E-state index contributed by atoms with van der Waals surface area (Å²) in [6, 6.07) is 9.30. The minimum absolute atomic E-state index is 0.0849. The van der Waals surface area contributed by atoms with Crippen LogP contribution >= 0.6 is 11.6 Å². The van der Waals surface area contributed by atoms with E-state index in [1.807, 2.05) is 6.92 Å². The molecule has 2 aromatic rings. The average molecular weight is 399 g/mol. The first-order chi connectivity index (χ1) is 12.3. The number of nitrogens with one attached hydrogen (secondary N) is 2. The van der Waals surface area contributed by atoms with E-state index in [9.17, 15) is 13.2 Å². The molecule has 0 saturated carbocycles. The number of ether oxygens (including phenoxy) is 2. The van der Waals surface area contributed by atoms with Crippen LogP contribution in [0.1, 0.15) is 5.56 Å². The topological polar surface area (TPSA) is 93.7 Å². The highest BCUT2D eigenvalue weighted by molar-refractivity contribution is 7.89. The highest BCUT2D eigenvalue weighted by atomic mass is 35.5. The maximum Gasteiger partial charge on any atom is 0.241 e. The van der Waals surface area contributed by atoms with Gasteiger partial charge in [0.2, 0.25) is 15.9 Å². The van der Waals surface area contributed by atoms with E-state index in [-0.39, 0.29) is 4.90 Å². The first-order valence-corrected chi connectivity index (χ1v) is 9.40. The van der Waals surface area contributed by atoms with Gasteiger partial charge in [0.05, 0.1) is 36.4 Å². The number of anilines is 1. The summed E-state index contributed by atoms with van der Waals surface area (Å²) in [5.41, 5.74) is 1.25. The fourth-order valence-electron chi connectivity index (χ4n) is 2.11. The van der Waals surface area contributed by atoms with Crippen molar-refractivity contribution in [2.75, 3.05) is 26.1 Å². The lowest BCUT2D eigenvalue weighted by atomic mass is 10.2. The van der Waals surface area contributed by atoms with Gasteiger partial charge < -0.3 is 14.8 Å². The highest BCUT2D eigenvalue weighted by Crippen LogP contribution is 2.35. The summed E-state index contributed by atoms with van der Waals surface area (Å²) in [5, 5.41) is 2.89. The predicted octanol–water partition coefficient (Wildman–Crippen LogP) is 2.58. The number of hydrogen-bond acceptors (Lipinski definition) is 5. The zero-order valence-electron chi connectivity index (χ0n) is 14.5. The average Bonchev–Trinajstić information content (AvgIpc) is 2.61. The molecule has 0 fully saturated rings. The van der Waals surface area contributed by atoms with Crippen LogP contribution in [0, 0.1) is 6.92 Å². The molecule has 140 valence electrons.